The number of fused-ring (bicyclic) bond motifs is 1. The number of aromatic amines is 2. The van der Waals surface area contributed by atoms with Crippen LogP contribution in [0.5, 0.6) is 0 Å². The van der Waals surface area contributed by atoms with Crippen LogP contribution in [0.25, 0.3) is 10.9 Å². The summed E-state index contributed by atoms with van der Waals surface area (Å²) in [6, 6.07) is 10.8. The molecule has 2 heterocycles. The van der Waals surface area contributed by atoms with Crippen LogP contribution >= 0.6 is 0 Å². The highest BCUT2D eigenvalue weighted by molar-refractivity contribution is 5.94. The Morgan fingerprint density at radius 1 is 0.676 bits per heavy atom. The Morgan fingerprint density at radius 3 is 2.04 bits per heavy atom. The monoisotopic (exact) mass is 983 g/mol. The number of carbonyl (C=O) groups excluding carboxylic acids is 8. The van der Waals surface area contributed by atoms with Gasteiger partial charge in [-0.05, 0) is 62.6 Å². The second-order valence-corrected chi connectivity index (χ2v) is 17.4. The van der Waals surface area contributed by atoms with E-state index in [4.69, 9.17) is 17.2 Å². The molecule has 71 heavy (non-hydrogen) atoms. The van der Waals surface area contributed by atoms with Crippen LogP contribution in [0.3, 0.4) is 0 Å². The molecule has 0 saturated carbocycles. The zero-order valence-electron chi connectivity index (χ0n) is 40.5. The van der Waals surface area contributed by atoms with Crippen LogP contribution < -0.4 is 54.4 Å². The number of para-hydroxylation sites is 1. The average Bonchev–Trinajstić information content (AvgIpc) is 4.02. The molecule has 0 radical (unpaired) electrons. The normalized spacial score (nSPS) is 13.5. The van der Waals surface area contributed by atoms with Crippen LogP contribution in [0, 0.1) is 0 Å². The summed E-state index contributed by atoms with van der Waals surface area (Å²) >= 11 is 0. The van der Waals surface area contributed by atoms with E-state index in [0.717, 1.165) is 35.7 Å². The Kier molecular flexibility index (Phi) is 23.6. The van der Waals surface area contributed by atoms with Crippen molar-refractivity contribution < 1.29 is 38.4 Å². The molecule has 22 heteroatoms. The van der Waals surface area contributed by atoms with Crippen LogP contribution in [0.2, 0.25) is 0 Å². The first-order valence-corrected chi connectivity index (χ1v) is 24.0. The van der Waals surface area contributed by atoms with E-state index in [1.165, 1.54) is 12.5 Å². The Bertz CT molecular complexity index is 2370. The number of benzene rings is 2. The lowest BCUT2D eigenvalue weighted by atomic mass is 10.0. The van der Waals surface area contributed by atoms with E-state index in [1.807, 2.05) is 68.4 Å². The molecule has 0 aliphatic heterocycles. The largest absolute Gasteiger partial charge is 0.370 e. The third kappa shape index (κ3) is 20.0. The van der Waals surface area contributed by atoms with Crippen molar-refractivity contribution in [3.8, 4) is 0 Å². The molecule has 2 aromatic carbocycles. The number of hydrogen-bond acceptors (Lipinski definition) is 10. The number of hydrogen-bond donors (Lipinski definition) is 12. The van der Waals surface area contributed by atoms with Crippen LogP contribution in [-0.2, 0) is 57.6 Å². The summed E-state index contributed by atoms with van der Waals surface area (Å²) in [5.41, 5.74) is 19.7. The van der Waals surface area contributed by atoms with Crippen LogP contribution in [0.4, 0.5) is 0 Å². The maximum Gasteiger partial charge on any atom is 0.243 e. The minimum absolute atomic E-state index is 0.0224. The molecule has 384 valence electrons. The summed E-state index contributed by atoms with van der Waals surface area (Å²) in [7, 11) is 0. The number of nitrogens with two attached hydrogens (primary N) is 3. The topological polar surface area (TPSA) is 356 Å². The molecule has 4 aromatic rings. The lowest BCUT2D eigenvalue weighted by Crippen LogP contribution is -2.56. The first-order chi connectivity index (χ1) is 34.2. The number of H-pyrrole nitrogens is 2. The Balaban J connectivity index is 1.47. The van der Waals surface area contributed by atoms with E-state index in [0.29, 0.717) is 36.9 Å². The van der Waals surface area contributed by atoms with Gasteiger partial charge in [-0.1, -0.05) is 74.7 Å². The molecule has 2 aromatic heterocycles. The first kappa shape index (κ1) is 55.8. The van der Waals surface area contributed by atoms with E-state index in [-0.39, 0.29) is 70.0 Å². The zero-order chi connectivity index (χ0) is 51.5. The molecule has 22 nitrogen and oxygen atoms in total. The van der Waals surface area contributed by atoms with Gasteiger partial charge in [-0.3, -0.25) is 43.3 Å². The Morgan fingerprint density at radius 2 is 1.35 bits per heavy atom. The third-order valence-corrected chi connectivity index (χ3v) is 11.6. The summed E-state index contributed by atoms with van der Waals surface area (Å²) < 4.78 is 0. The van der Waals surface area contributed by atoms with Crippen molar-refractivity contribution in [1.82, 2.24) is 52.2 Å². The van der Waals surface area contributed by atoms with Crippen LogP contribution in [0.15, 0.2) is 78.3 Å². The lowest BCUT2D eigenvalue weighted by molar-refractivity contribution is -0.133. The van der Waals surface area contributed by atoms with Gasteiger partial charge >= 0.3 is 0 Å². The van der Waals surface area contributed by atoms with Crippen molar-refractivity contribution in [2.75, 3.05) is 13.1 Å². The number of guanidine groups is 1. The fraction of sp³-hybridized carbons (Fsp3) is 0.469. The van der Waals surface area contributed by atoms with E-state index in [9.17, 15) is 38.4 Å². The highest BCUT2D eigenvalue weighted by atomic mass is 16.2. The number of carbonyl (C=O) groups is 8. The summed E-state index contributed by atoms with van der Waals surface area (Å²) in [5, 5.41) is 19.8. The number of nitrogens with one attached hydrogen (secondary N) is 9. The number of nitrogens with zero attached hydrogens (tertiary/aromatic N) is 2. The van der Waals surface area contributed by atoms with Gasteiger partial charge in [0.15, 0.2) is 5.96 Å². The number of imidazole rings is 1. The van der Waals surface area contributed by atoms with E-state index in [2.05, 4.69) is 57.2 Å². The molecule has 0 fully saturated rings. The van der Waals surface area contributed by atoms with Crippen molar-refractivity contribution in [2.45, 2.75) is 134 Å². The molecule has 0 aliphatic rings. The molecule has 3 unspecified atom stereocenters. The minimum atomic E-state index is -1.35. The molecule has 0 saturated heterocycles. The number of aliphatic imine (C=N–C) groups is 1. The van der Waals surface area contributed by atoms with Gasteiger partial charge in [0, 0.05) is 73.8 Å². The number of aromatic nitrogens is 3. The Hall–Kier alpha value is -7.78. The molecular formula is C49H70N14O8. The molecule has 4 rings (SSSR count). The lowest BCUT2D eigenvalue weighted by Gasteiger charge is -2.25. The summed E-state index contributed by atoms with van der Waals surface area (Å²) in [6.45, 7) is 3.89. The van der Waals surface area contributed by atoms with Gasteiger partial charge in [-0.25, -0.2) is 4.98 Å². The minimum Gasteiger partial charge on any atom is -0.370 e. The molecule has 6 atom stereocenters. The van der Waals surface area contributed by atoms with Gasteiger partial charge in [0.1, 0.15) is 30.2 Å². The van der Waals surface area contributed by atoms with Crippen molar-refractivity contribution in [2.24, 2.45) is 22.2 Å². The zero-order valence-corrected chi connectivity index (χ0v) is 40.5. The fourth-order valence-corrected chi connectivity index (χ4v) is 7.86. The van der Waals surface area contributed by atoms with Gasteiger partial charge in [0.25, 0.3) is 0 Å². The molecular weight excluding hydrogens is 913 g/mol. The van der Waals surface area contributed by atoms with Crippen molar-refractivity contribution in [1.29, 1.82) is 0 Å². The van der Waals surface area contributed by atoms with Crippen LogP contribution in [0.1, 0.15) is 94.9 Å². The standard InChI is InChI=1S/C49H70N14O8/c1-3-4-5-9-18-43(66)60-38(46(69)63-41(26-34-28-53-29-57-34)48(71)59-31(2)24-32-13-7-6-8-14-32)19-20-42(65)54-23-21-39(61-45(68)37(58-30-64)17-12-22-55-49(51)52)47(70)62-40(44(50)67)25-33-27-56-36-16-11-10-15-35(33)36/h6-8,10-11,13-16,27-31,37-41,56H,3-5,9,12,17-26H2,1-2H3,(H2,50,67)(H,53,57)(H,54,65)(H,58,64)(H,59,71)(H,60,66)(H,61,68)(H,62,70)(H,63,69)(H4,51,52,55)/t31?,37-,38?,39?,40-,41-/m0/s1. The number of amides is 8. The SMILES string of the molecule is CCCCCCC(=O)NC(CCC(=O)NCCC(NC(=O)[C@H](CCCN=C(N)N)NC=O)C(=O)N[C@@H](Cc1c[nH]c2ccccc12)C(N)=O)C(=O)N[C@@H](Cc1cnc[nH]1)C(=O)NC(C)Cc1ccccc1. The molecule has 0 bridgehead atoms. The summed E-state index contributed by atoms with van der Waals surface area (Å²) in [5.74, 6) is -4.58. The molecule has 0 spiro atoms. The molecule has 8 amide bonds. The van der Waals surface area contributed by atoms with Gasteiger partial charge < -0.3 is 64.4 Å². The van der Waals surface area contributed by atoms with E-state index >= 15 is 0 Å². The summed E-state index contributed by atoms with van der Waals surface area (Å²) in [6.07, 6.45) is 8.91. The first-order valence-electron chi connectivity index (χ1n) is 24.0. The smallest absolute Gasteiger partial charge is 0.243 e. The fourth-order valence-electron chi connectivity index (χ4n) is 7.86. The quantitative estimate of drug-likeness (QED) is 0.0133. The van der Waals surface area contributed by atoms with Gasteiger partial charge in [0.2, 0.25) is 47.8 Å². The van der Waals surface area contributed by atoms with E-state index in [1.54, 1.807) is 6.20 Å². The van der Waals surface area contributed by atoms with Crippen molar-refractivity contribution in [3.63, 3.8) is 0 Å². The van der Waals surface area contributed by atoms with E-state index < -0.39 is 71.6 Å². The highest BCUT2D eigenvalue weighted by Crippen LogP contribution is 2.19. The Labute approximate surface area is 413 Å². The molecule has 15 N–H and O–H groups in total. The maximum atomic E-state index is 14.1. The maximum absolute atomic E-state index is 14.1. The highest BCUT2D eigenvalue weighted by Gasteiger charge is 2.31. The van der Waals surface area contributed by atoms with Crippen LogP contribution in [-0.4, -0.2) is 118 Å². The van der Waals surface area contributed by atoms with Crippen molar-refractivity contribution >= 4 is 64.6 Å². The third-order valence-electron chi connectivity index (χ3n) is 11.6. The second-order valence-electron chi connectivity index (χ2n) is 17.4. The average molecular weight is 983 g/mol. The van der Waals surface area contributed by atoms with Gasteiger partial charge in [-0.2, -0.15) is 0 Å². The number of unbranched alkanes of at least 4 members (excludes halogenated alkanes) is 3. The summed E-state index contributed by atoms with van der Waals surface area (Å²) in [4.78, 5) is 120. The van der Waals surface area contributed by atoms with Gasteiger partial charge in [0.05, 0.1) is 6.33 Å². The number of primary amides is 1. The predicted molar refractivity (Wildman–Crippen MR) is 267 cm³/mol. The predicted octanol–water partition coefficient (Wildman–Crippen LogP) is 0.273. The van der Waals surface area contributed by atoms with Gasteiger partial charge in [-0.15, -0.1) is 0 Å². The molecule has 0 aliphatic carbocycles. The van der Waals surface area contributed by atoms with Crippen molar-refractivity contribution in [3.05, 3.63) is 90.1 Å². The second kappa shape index (κ2) is 30.0. The number of rotatable bonds is 33.